The van der Waals surface area contributed by atoms with Gasteiger partial charge in [-0.3, -0.25) is 0 Å². The van der Waals surface area contributed by atoms with Crippen molar-refractivity contribution in [3.05, 3.63) is 79.8 Å². The van der Waals surface area contributed by atoms with Crippen LogP contribution in [0.25, 0.3) is 12.2 Å². The van der Waals surface area contributed by atoms with Crippen molar-refractivity contribution in [1.82, 2.24) is 0 Å². The van der Waals surface area contributed by atoms with Crippen molar-refractivity contribution >= 4 is 28.1 Å². The van der Waals surface area contributed by atoms with Crippen LogP contribution in [0, 0.1) is 0 Å². The maximum absolute atomic E-state index is 3.46. The van der Waals surface area contributed by atoms with Crippen LogP contribution < -0.4 is 0 Å². The summed E-state index contributed by atoms with van der Waals surface area (Å²) in [6.45, 7) is 4.39. The molecule has 0 heterocycles. The van der Waals surface area contributed by atoms with Gasteiger partial charge >= 0.3 is 0 Å². The Kier molecular flexibility index (Phi) is 4.22. The quantitative estimate of drug-likeness (QED) is 0.504. The van der Waals surface area contributed by atoms with Crippen LogP contribution in [0.2, 0.25) is 0 Å². The summed E-state index contributed by atoms with van der Waals surface area (Å²) in [5, 5.41) is 0. The van der Waals surface area contributed by atoms with Crippen molar-refractivity contribution in [3.8, 4) is 0 Å². The van der Waals surface area contributed by atoms with Crippen molar-refractivity contribution in [2.75, 3.05) is 0 Å². The van der Waals surface area contributed by atoms with E-state index in [0.717, 1.165) is 12.3 Å². The lowest BCUT2D eigenvalue weighted by molar-refractivity contribution is 1.11. The summed E-state index contributed by atoms with van der Waals surface area (Å²) in [6, 6.07) is 13.5. The van der Waals surface area contributed by atoms with E-state index >= 15 is 0 Å². The van der Waals surface area contributed by atoms with Gasteiger partial charge in [0.1, 0.15) is 0 Å². The van der Waals surface area contributed by atoms with E-state index < -0.39 is 0 Å². The number of fused-ring (bicyclic) bond motifs is 2. The summed E-state index contributed by atoms with van der Waals surface area (Å²) in [6.07, 6.45) is 9.69. The molecule has 2 aromatic rings. The third-order valence-corrected chi connectivity index (χ3v) is 5.56. The van der Waals surface area contributed by atoms with Crippen LogP contribution in [0.15, 0.2) is 52.0 Å². The van der Waals surface area contributed by atoms with Crippen molar-refractivity contribution in [3.63, 3.8) is 0 Å². The first-order valence-electron chi connectivity index (χ1n) is 8.84. The molecule has 0 aliphatic heterocycles. The Labute approximate surface area is 153 Å². The minimum absolute atomic E-state index is 0.889. The Bertz CT molecular complexity index is 850. The molecule has 0 spiro atoms. The van der Waals surface area contributed by atoms with Gasteiger partial charge in [0, 0.05) is 4.47 Å². The second-order valence-electron chi connectivity index (χ2n) is 7.41. The van der Waals surface area contributed by atoms with Crippen molar-refractivity contribution in [2.45, 2.75) is 45.4 Å². The largest absolute Gasteiger partial charge is 0.0683 e. The molecule has 1 fully saturated rings. The lowest BCUT2D eigenvalue weighted by Gasteiger charge is -2.02. The van der Waals surface area contributed by atoms with E-state index in [1.807, 2.05) is 0 Å². The zero-order chi connectivity index (χ0) is 16.7. The molecule has 0 nitrogen and oxygen atoms in total. The Morgan fingerprint density at radius 1 is 0.792 bits per heavy atom. The molecule has 0 N–H and O–H groups in total. The fourth-order valence-corrected chi connectivity index (χ4v) is 4.05. The predicted octanol–water partition coefficient (Wildman–Crippen LogP) is 6.93. The topological polar surface area (TPSA) is 0 Å². The third kappa shape index (κ3) is 3.42. The summed E-state index contributed by atoms with van der Waals surface area (Å²) < 4.78 is 1.17. The Morgan fingerprint density at radius 3 is 2.00 bits per heavy atom. The molecule has 2 aromatic carbocycles. The summed E-state index contributed by atoms with van der Waals surface area (Å²) >= 11 is 3.46. The van der Waals surface area contributed by atoms with Gasteiger partial charge < -0.3 is 0 Å². The minimum Gasteiger partial charge on any atom is -0.0683 e. The molecule has 5 rings (SSSR count). The first-order chi connectivity index (χ1) is 11.6. The van der Waals surface area contributed by atoms with Gasteiger partial charge in [-0.1, -0.05) is 63.5 Å². The van der Waals surface area contributed by atoms with Gasteiger partial charge in [0.25, 0.3) is 0 Å². The molecular weight excluding hydrogens is 356 g/mol. The smallest absolute Gasteiger partial charge is 0.0181 e. The van der Waals surface area contributed by atoms with E-state index in [0.29, 0.717) is 0 Å². The molecular formula is C23H23Br. The molecule has 122 valence electrons. The maximum Gasteiger partial charge on any atom is 0.0181 e. The molecule has 0 radical (unpaired) electrons. The van der Waals surface area contributed by atoms with Crippen LogP contribution in [0.5, 0.6) is 0 Å². The van der Waals surface area contributed by atoms with Crippen LogP contribution >= 0.6 is 15.9 Å². The first kappa shape index (κ1) is 15.9. The maximum atomic E-state index is 3.46. The van der Waals surface area contributed by atoms with Gasteiger partial charge in [0.05, 0.1) is 0 Å². The second kappa shape index (κ2) is 6.37. The summed E-state index contributed by atoms with van der Waals surface area (Å²) in [5.74, 6) is 0.889. The molecule has 0 unspecified atom stereocenters. The van der Waals surface area contributed by atoms with Gasteiger partial charge in [-0.25, -0.2) is 0 Å². The molecule has 1 heteroatoms. The van der Waals surface area contributed by atoms with E-state index in [9.17, 15) is 0 Å². The molecule has 0 amide bonds. The first-order valence-corrected chi connectivity index (χ1v) is 9.63. The zero-order valence-corrected chi connectivity index (χ0v) is 16.0. The molecule has 0 bridgehead atoms. The minimum atomic E-state index is 0.889. The fourth-order valence-electron chi connectivity index (χ4n) is 3.67. The Hall–Kier alpha value is -1.60. The van der Waals surface area contributed by atoms with Crippen LogP contribution in [-0.4, -0.2) is 0 Å². The van der Waals surface area contributed by atoms with E-state index in [1.54, 1.807) is 5.56 Å². The average Bonchev–Trinajstić information content (AvgIpc) is 3.22. The second-order valence-corrected chi connectivity index (χ2v) is 8.33. The lowest BCUT2D eigenvalue weighted by Crippen LogP contribution is -1.85. The number of hydrogen-bond donors (Lipinski definition) is 0. The van der Waals surface area contributed by atoms with Gasteiger partial charge in [-0.15, -0.1) is 0 Å². The summed E-state index contributed by atoms with van der Waals surface area (Å²) in [7, 11) is 0. The standard InChI is InChI=1S/C13H14.C10H9Br/c1-9-6-11-4-5-12(10-2-3-10)8-13(11)7-9;1-7-4-8-2-3-10(11)6-9(8)5-7/h4-5,7-8,10H,2-3,6H2,1H3;2-3,5-6H,4H2,1H3. The van der Waals surface area contributed by atoms with Crippen molar-refractivity contribution < 1.29 is 0 Å². The SMILES string of the molecule is CC1=Cc2cc(Br)ccc2C1.CC1=Cc2cc(C3CC3)ccc2C1. The van der Waals surface area contributed by atoms with Gasteiger partial charge in [0.15, 0.2) is 0 Å². The van der Waals surface area contributed by atoms with Crippen molar-refractivity contribution in [1.29, 1.82) is 0 Å². The highest BCUT2D eigenvalue weighted by molar-refractivity contribution is 9.10. The molecule has 3 aliphatic carbocycles. The predicted molar refractivity (Wildman–Crippen MR) is 107 cm³/mol. The van der Waals surface area contributed by atoms with Crippen molar-refractivity contribution in [2.24, 2.45) is 0 Å². The number of rotatable bonds is 1. The molecule has 1 saturated carbocycles. The lowest BCUT2D eigenvalue weighted by atomic mass is 10.0. The molecule has 24 heavy (non-hydrogen) atoms. The molecule has 0 saturated heterocycles. The van der Waals surface area contributed by atoms with E-state index in [2.05, 4.69) is 78.3 Å². The Morgan fingerprint density at radius 2 is 1.38 bits per heavy atom. The van der Waals surface area contributed by atoms with Crippen LogP contribution in [0.3, 0.4) is 0 Å². The zero-order valence-electron chi connectivity index (χ0n) is 14.4. The van der Waals surface area contributed by atoms with Gasteiger partial charge in [0.2, 0.25) is 0 Å². The van der Waals surface area contributed by atoms with Crippen LogP contribution in [0.4, 0.5) is 0 Å². The number of benzene rings is 2. The summed E-state index contributed by atoms with van der Waals surface area (Å²) in [4.78, 5) is 0. The number of allylic oxidation sites excluding steroid dienone is 2. The van der Waals surface area contributed by atoms with Crippen LogP contribution in [-0.2, 0) is 12.8 Å². The van der Waals surface area contributed by atoms with E-state index in [4.69, 9.17) is 0 Å². The molecule has 0 aromatic heterocycles. The van der Waals surface area contributed by atoms with Gasteiger partial charge in [-0.2, -0.15) is 0 Å². The Balaban J connectivity index is 0.000000123. The highest BCUT2D eigenvalue weighted by Crippen LogP contribution is 2.41. The highest BCUT2D eigenvalue weighted by atomic mass is 79.9. The number of hydrogen-bond acceptors (Lipinski definition) is 0. The molecule has 3 aliphatic rings. The molecule has 0 atom stereocenters. The van der Waals surface area contributed by atoms with E-state index in [1.165, 1.54) is 57.1 Å². The van der Waals surface area contributed by atoms with Crippen LogP contribution in [0.1, 0.15) is 60.4 Å². The fraction of sp³-hybridized carbons (Fsp3) is 0.304. The van der Waals surface area contributed by atoms with Gasteiger partial charge in [-0.05, 0) is 85.4 Å². The van der Waals surface area contributed by atoms with E-state index in [-0.39, 0.29) is 0 Å². The normalized spacial score (nSPS) is 17.5. The number of halogens is 1. The highest BCUT2D eigenvalue weighted by Gasteiger charge is 2.24. The average molecular weight is 379 g/mol. The third-order valence-electron chi connectivity index (χ3n) is 5.07. The monoisotopic (exact) mass is 378 g/mol. The summed E-state index contributed by atoms with van der Waals surface area (Å²) in [5.41, 5.74) is 10.3.